The Bertz CT molecular complexity index is 1510. The van der Waals surface area contributed by atoms with E-state index < -0.39 is 11.9 Å². The minimum atomic E-state index is -0.683. The molecule has 4 heterocycles. The predicted octanol–water partition coefficient (Wildman–Crippen LogP) is 4.44. The molecule has 156 valence electrons. The normalized spacial score (nSPS) is 18.4. The summed E-state index contributed by atoms with van der Waals surface area (Å²) in [6, 6.07) is 13.4. The summed E-state index contributed by atoms with van der Waals surface area (Å²) in [5.41, 5.74) is 1.31. The van der Waals surface area contributed by atoms with E-state index in [2.05, 4.69) is 0 Å². The average Bonchev–Trinajstić information content (AvgIpc) is 3.42. The number of benzene rings is 2. The molecule has 0 saturated heterocycles. The highest BCUT2D eigenvalue weighted by Gasteiger charge is 2.39. The van der Waals surface area contributed by atoms with Gasteiger partial charge in [-0.15, -0.1) is 0 Å². The summed E-state index contributed by atoms with van der Waals surface area (Å²) in [4.78, 5) is 38.5. The summed E-state index contributed by atoms with van der Waals surface area (Å²) >= 11 is 0. The van der Waals surface area contributed by atoms with Gasteiger partial charge in [0.25, 0.3) is 0 Å². The molecular formula is C25H14O7. The lowest BCUT2D eigenvalue weighted by Crippen LogP contribution is -2.25. The van der Waals surface area contributed by atoms with Crippen LogP contribution in [0.1, 0.15) is 39.6 Å². The van der Waals surface area contributed by atoms with Crippen LogP contribution in [0.5, 0.6) is 11.5 Å². The second-order valence-corrected chi connectivity index (χ2v) is 7.56. The van der Waals surface area contributed by atoms with E-state index in [-0.39, 0.29) is 34.9 Å². The average molecular weight is 426 g/mol. The van der Waals surface area contributed by atoms with Crippen molar-refractivity contribution in [3.8, 4) is 11.5 Å². The van der Waals surface area contributed by atoms with Crippen LogP contribution in [-0.4, -0.2) is 11.8 Å². The summed E-state index contributed by atoms with van der Waals surface area (Å²) in [5, 5.41) is 0.411. The molecule has 2 aliphatic rings. The Hall–Kier alpha value is -4.39. The quantitative estimate of drug-likeness (QED) is 0.266. The highest BCUT2D eigenvalue weighted by Crippen LogP contribution is 2.48. The number of carbonyl (C=O) groups excluding carboxylic acids is 2. The molecule has 0 amide bonds. The molecular weight excluding hydrogens is 412 g/mol. The fourth-order valence-electron chi connectivity index (χ4n) is 4.21. The zero-order valence-corrected chi connectivity index (χ0v) is 16.5. The molecule has 0 radical (unpaired) electrons. The van der Waals surface area contributed by atoms with E-state index in [0.717, 1.165) is 0 Å². The topological polar surface area (TPSA) is 96.0 Å². The Kier molecular flexibility index (Phi) is 3.91. The number of fused-ring (bicyclic) bond motifs is 4. The minimum absolute atomic E-state index is 0.0820. The SMILES string of the molecule is O=C1C[C@@H](c2coc3ccccc3c2=O)c2c(ccc3c2O/C(=C\c2ccco2)C3=O)O1. The molecule has 7 nitrogen and oxygen atoms in total. The number of ether oxygens (including phenoxy) is 2. The fourth-order valence-corrected chi connectivity index (χ4v) is 4.21. The zero-order valence-electron chi connectivity index (χ0n) is 16.5. The molecule has 32 heavy (non-hydrogen) atoms. The number of para-hydroxylation sites is 1. The van der Waals surface area contributed by atoms with E-state index in [9.17, 15) is 14.4 Å². The van der Waals surface area contributed by atoms with Gasteiger partial charge in [-0.1, -0.05) is 12.1 Å². The fraction of sp³-hybridized carbons (Fsp3) is 0.0800. The standard InChI is InChI=1S/C25H14O7/c26-21-11-16(17-12-30-18-6-2-1-5-14(18)23(17)27)22-19(31-21)8-7-15-24(28)20(32-25(15)22)10-13-4-3-9-29-13/h1-10,12,16H,11H2/b20-10-/t16-/m0/s1. The van der Waals surface area contributed by atoms with Gasteiger partial charge in [-0.05, 0) is 36.4 Å². The van der Waals surface area contributed by atoms with E-state index in [1.807, 2.05) is 0 Å². The number of allylic oxidation sites excluding steroid dienone is 1. The molecule has 0 spiro atoms. The third kappa shape index (κ3) is 2.71. The van der Waals surface area contributed by atoms with Crippen molar-refractivity contribution in [2.45, 2.75) is 12.3 Å². The number of ketones is 1. The van der Waals surface area contributed by atoms with Gasteiger partial charge in [0.2, 0.25) is 5.78 Å². The Morgan fingerprint density at radius 2 is 1.78 bits per heavy atom. The molecule has 0 unspecified atom stereocenters. The molecule has 2 aromatic heterocycles. The summed E-state index contributed by atoms with van der Waals surface area (Å²) in [7, 11) is 0. The van der Waals surface area contributed by atoms with Crippen LogP contribution in [-0.2, 0) is 4.79 Å². The van der Waals surface area contributed by atoms with E-state index in [1.54, 1.807) is 48.5 Å². The molecule has 0 N–H and O–H groups in total. The third-order valence-electron chi connectivity index (χ3n) is 5.68. The molecule has 6 rings (SSSR count). The van der Waals surface area contributed by atoms with E-state index in [1.165, 1.54) is 18.6 Å². The number of carbonyl (C=O) groups is 2. The van der Waals surface area contributed by atoms with Crippen molar-refractivity contribution in [1.82, 2.24) is 0 Å². The zero-order chi connectivity index (χ0) is 21.8. The number of rotatable bonds is 2. The lowest BCUT2D eigenvalue weighted by atomic mass is 9.85. The summed E-state index contributed by atoms with van der Waals surface area (Å²) in [6.07, 6.45) is 4.28. The van der Waals surface area contributed by atoms with Crippen LogP contribution < -0.4 is 14.9 Å². The van der Waals surface area contributed by atoms with Crippen molar-refractivity contribution in [3.63, 3.8) is 0 Å². The van der Waals surface area contributed by atoms with Gasteiger partial charge in [-0.25, -0.2) is 0 Å². The van der Waals surface area contributed by atoms with Crippen molar-refractivity contribution in [2.75, 3.05) is 0 Å². The van der Waals surface area contributed by atoms with Crippen LogP contribution >= 0.6 is 0 Å². The molecule has 0 bridgehead atoms. The second kappa shape index (κ2) is 6.81. The van der Waals surface area contributed by atoms with Gasteiger partial charge >= 0.3 is 5.97 Å². The van der Waals surface area contributed by atoms with Gasteiger partial charge < -0.3 is 18.3 Å². The van der Waals surface area contributed by atoms with Crippen LogP contribution in [0.2, 0.25) is 0 Å². The minimum Gasteiger partial charge on any atom is -0.465 e. The molecule has 7 heteroatoms. The molecule has 0 aliphatic carbocycles. The van der Waals surface area contributed by atoms with E-state index >= 15 is 0 Å². The predicted molar refractivity (Wildman–Crippen MR) is 113 cm³/mol. The first-order valence-electron chi connectivity index (χ1n) is 9.96. The van der Waals surface area contributed by atoms with Crippen molar-refractivity contribution < 1.29 is 27.9 Å². The Labute approximate surface area is 180 Å². The lowest BCUT2D eigenvalue weighted by Gasteiger charge is -2.25. The van der Waals surface area contributed by atoms with E-state index in [4.69, 9.17) is 18.3 Å². The number of esters is 1. The van der Waals surface area contributed by atoms with Crippen LogP contribution in [0, 0.1) is 0 Å². The smallest absolute Gasteiger partial charge is 0.312 e. The monoisotopic (exact) mass is 426 g/mol. The Morgan fingerprint density at radius 3 is 2.62 bits per heavy atom. The van der Waals surface area contributed by atoms with Crippen LogP contribution in [0.4, 0.5) is 0 Å². The van der Waals surface area contributed by atoms with Gasteiger partial charge in [0.1, 0.15) is 22.8 Å². The van der Waals surface area contributed by atoms with E-state index in [0.29, 0.717) is 33.4 Å². The van der Waals surface area contributed by atoms with Crippen LogP contribution in [0.15, 0.2) is 80.4 Å². The number of Topliss-reactive ketones (excluding diaryl/α,β-unsaturated/α-hetero) is 1. The number of hydrogen-bond donors (Lipinski definition) is 0. The summed E-state index contributed by atoms with van der Waals surface area (Å²) in [5.74, 6) is -0.401. The lowest BCUT2D eigenvalue weighted by molar-refractivity contribution is -0.135. The first kappa shape index (κ1) is 18.4. The Balaban J connectivity index is 1.53. The van der Waals surface area contributed by atoms with Gasteiger partial charge in [0.15, 0.2) is 11.2 Å². The first-order valence-corrected chi connectivity index (χ1v) is 9.96. The van der Waals surface area contributed by atoms with Crippen LogP contribution in [0.3, 0.4) is 0 Å². The van der Waals surface area contributed by atoms with Crippen molar-refractivity contribution in [2.24, 2.45) is 0 Å². The maximum absolute atomic E-state index is 13.2. The highest BCUT2D eigenvalue weighted by atomic mass is 16.5. The third-order valence-corrected chi connectivity index (χ3v) is 5.68. The Morgan fingerprint density at radius 1 is 0.906 bits per heavy atom. The molecule has 4 aromatic rings. The molecule has 1 atom stereocenters. The number of furan rings is 1. The van der Waals surface area contributed by atoms with Gasteiger partial charge in [0.05, 0.1) is 29.9 Å². The highest BCUT2D eigenvalue weighted by molar-refractivity contribution is 6.15. The molecule has 2 aliphatic heterocycles. The molecule has 0 saturated carbocycles. The van der Waals surface area contributed by atoms with Gasteiger partial charge in [-0.2, -0.15) is 0 Å². The second-order valence-electron chi connectivity index (χ2n) is 7.56. The van der Waals surface area contributed by atoms with Gasteiger partial charge in [-0.3, -0.25) is 14.4 Å². The molecule has 0 fully saturated rings. The van der Waals surface area contributed by atoms with Crippen molar-refractivity contribution >= 4 is 28.8 Å². The molecule has 2 aromatic carbocycles. The van der Waals surface area contributed by atoms with Crippen molar-refractivity contribution in [3.05, 3.63) is 99.5 Å². The summed E-state index contributed by atoms with van der Waals surface area (Å²) in [6.45, 7) is 0. The van der Waals surface area contributed by atoms with Gasteiger partial charge in [0, 0.05) is 23.1 Å². The largest absolute Gasteiger partial charge is 0.465 e. The van der Waals surface area contributed by atoms with Crippen molar-refractivity contribution in [1.29, 1.82) is 0 Å². The maximum atomic E-state index is 13.2. The number of hydrogen-bond acceptors (Lipinski definition) is 7. The maximum Gasteiger partial charge on any atom is 0.312 e. The summed E-state index contributed by atoms with van der Waals surface area (Å²) < 4.78 is 22.3. The van der Waals surface area contributed by atoms with Crippen LogP contribution in [0.25, 0.3) is 17.0 Å². The first-order chi connectivity index (χ1) is 15.6.